The lowest BCUT2D eigenvalue weighted by atomic mass is 10.1. The van der Waals surface area contributed by atoms with E-state index < -0.39 is 0 Å². The van der Waals surface area contributed by atoms with Crippen LogP contribution < -0.4 is 5.43 Å². The molecule has 4 rings (SSSR count). The quantitative estimate of drug-likeness (QED) is 0.244. The molecule has 0 atom stereocenters. The van der Waals surface area contributed by atoms with Crippen LogP contribution in [0.15, 0.2) is 71.8 Å². The molecule has 0 saturated carbocycles. The number of aromatic nitrogens is 1. The summed E-state index contributed by atoms with van der Waals surface area (Å²) in [6.45, 7) is 3.32. The number of rotatable bonds is 6. The minimum Gasteiger partial charge on any atom is -0.340 e. The number of nitrogens with zero attached hydrogens (tertiary/aromatic N) is 2. The third-order valence-corrected chi connectivity index (χ3v) is 6.09. The van der Waals surface area contributed by atoms with E-state index in [1.807, 2.05) is 54.7 Å². The van der Waals surface area contributed by atoms with Crippen LogP contribution in [0.3, 0.4) is 0 Å². The Morgan fingerprint density at radius 1 is 0.900 bits per heavy atom. The number of nitrogens with one attached hydrogen (secondary N) is 1. The second-order valence-corrected chi connectivity index (χ2v) is 8.27. The molecule has 0 radical (unpaired) electrons. The Kier molecular flexibility index (Phi) is 6.33. The van der Waals surface area contributed by atoms with E-state index in [1.165, 1.54) is 0 Å². The van der Waals surface area contributed by atoms with Gasteiger partial charge in [-0.05, 0) is 42.3 Å². The standard InChI is InChI=1S/C24H20Cl3N3/c1-16-21(14-29-28-13-17-6-2-4-8-22(17)26)20-7-3-5-9-24(20)30(16)15-18-10-11-19(25)12-23(18)27/h2-12,14,28H,13,15H2,1H3/b29-14-. The molecule has 6 heteroatoms. The molecule has 3 aromatic carbocycles. The van der Waals surface area contributed by atoms with Gasteiger partial charge in [-0.1, -0.05) is 77.3 Å². The highest BCUT2D eigenvalue weighted by Crippen LogP contribution is 2.28. The van der Waals surface area contributed by atoms with E-state index in [0.29, 0.717) is 23.1 Å². The van der Waals surface area contributed by atoms with E-state index in [2.05, 4.69) is 34.2 Å². The Labute approximate surface area is 190 Å². The molecule has 0 saturated heterocycles. The van der Waals surface area contributed by atoms with Gasteiger partial charge < -0.3 is 9.99 Å². The van der Waals surface area contributed by atoms with Crippen molar-refractivity contribution in [2.45, 2.75) is 20.0 Å². The van der Waals surface area contributed by atoms with Gasteiger partial charge in [0.2, 0.25) is 0 Å². The molecule has 1 heterocycles. The zero-order valence-electron chi connectivity index (χ0n) is 16.4. The molecule has 0 aliphatic carbocycles. The van der Waals surface area contributed by atoms with Crippen LogP contribution in [0.5, 0.6) is 0 Å². The van der Waals surface area contributed by atoms with Crippen molar-refractivity contribution in [2.24, 2.45) is 5.10 Å². The monoisotopic (exact) mass is 455 g/mol. The molecule has 3 nitrogen and oxygen atoms in total. The van der Waals surface area contributed by atoms with Crippen LogP contribution in [-0.4, -0.2) is 10.8 Å². The van der Waals surface area contributed by atoms with Gasteiger partial charge in [0.1, 0.15) is 0 Å². The molecular formula is C24H20Cl3N3. The molecule has 152 valence electrons. The Morgan fingerprint density at radius 3 is 2.47 bits per heavy atom. The highest BCUT2D eigenvalue weighted by atomic mass is 35.5. The molecule has 0 spiro atoms. The Hall–Kier alpha value is -2.46. The van der Waals surface area contributed by atoms with Crippen LogP contribution in [0.4, 0.5) is 0 Å². The summed E-state index contributed by atoms with van der Waals surface area (Å²) >= 11 is 18.7. The van der Waals surface area contributed by atoms with E-state index in [9.17, 15) is 0 Å². The third kappa shape index (κ3) is 4.34. The lowest BCUT2D eigenvalue weighted by molar-refractivity contribution is 0.748. The molecule has 0 aliphatic rings. The summed E-state index contributed by atoms with van der Waals surface area (Å²) in [6.07, 6.45) is 1.87. The van der Waals surface area contributed by atoms with E-state index in [4.69, 9.17) is 34.8 Å². The number of hydrazone groups is 1. The average molecular weight is 457 g/mol. The first-order chi connectivity index (χ1) is 14.5. The van der Waals surface area contributed by atoms with Gasteiger partial charge in [0.25, 0.3) is 0 Å². The van der Waals surface area contributed by atoms with Crippen molar-refractivity contribution in [3.63, 3.8) is 0 Å². The first-order valence-electron chi connectivity index (χ1n) is 9.55. The minimum absolute atomic E-state index is 0.564. The fourth-order valence-electron chi connectivity index (χ4n) is 3.53. The molecule has 0 bridgehead atoms. The van der Waals surface area contributed by atoms with Gasteiger partial charge >= 0.3 is 0 Å². The maximum atomic E-state index is 6.42. The van der Waals surface area contributed by atoms with Crippen molar-refractivity contribution in [3.8, 4) is 0 Å². The Balaban J connectivity index is 1.62. The summed E-state index contributed by atoms with van der Waals surface area (Å²) < 4.78 is 2.25. The molecule has 0 amide bonds. The largest absolute Gasteiger partial charge is 0.340 e. The molecule has 1 aromatic heterocycles. The van der Waals surface area contributed by atoms with Gasteiger partial charge in [-0.15, -0.1) is 0 Å². The summed E-state index contributed by atoms with van der Waals surface area (Å²) in [7, 11) is 0. The fraction of sp³-hybridized carbons (Fsp3) is 0.125. The van der Waals surface area contributed by atoms with Crippen molar-refractivity contribution in [2.75, 3.05) is 0 Å². The highest BCUT2D eigenvalue weighted by Gasteiger charge is 2.14. The number of fused-ring (bicyclic) bond motifs is 1. The van der Waals surface area contributed by atoms with Gasteiger partial charge in [0.05, 0.1) is 12.8 Å². The van der Waals surface area contributed by atoms with Gasteiger partial charge in [0, 0.05) is 43.8 Å². The van der Waals surface area contributed by atoms with Crippen molar-refractivity contribution in [1.82, 2.24) is 9.99 Å². The zero-order valence-corrected chi connectivity index (χ0v) is 18.6. The Bertz CT molecular complexity index is 1230. The SMILES string of the molecule is Cc1c(/C=N\NCc2ccccc2Cl)c2ccccc2n1Cc1ccc(Cl)cc1Cl. The first kappa shape index (κ1) is 20.8. The molecular weight excluding hydrogens is 437 g/mol. The zero-order chi connectivity index (χ0) is 21.1. The second-order valence-electron chi connectivity index (χ2n) is 7.02. The van der Waals surface area contributed by atoms with Crippen molar-refractivity contribution in [3.05, 3.63) is 104 Å². The fourth-order valence-corrected chi connectivity index (χ4v) is 4.20. The number of hydrogen-bond acceptors (Lipinski definition) is 2. The third-order valence-electron chi connectivity index (χ3n) is 5.14. The van der Waals surface area contributed by atoms with Gasteiger partial charge in [-0.25, -0.2) is 0 Å². The van der Waals surface area contributed by atoms with Gasteiger partial charge in [0.15, 0.2) is 0 Å². The second kappa shape index (κ2) is 9.13. The first-order valence-corrected chi connectivity index (χ1v) is 10.7. The number of para-hydroxylation sites is 1. The predicted molar refractivity (Wildman–Crippen MR) is 128 cm³/mol. The van der Waals surface area contributed by atoms with E-state index in [0.717, 1.165) is 38.3 Å². The summed E-state index contributed by atoms with van der Waals surface area (Å²) in [6, 6.07) is 21.7. The molecule has 30 heavy (non-hydrogen) atoms. The summed E-state index contributed by atoms with van der Waals surface area (Å²) in [4.78, 5) is 0. The lowest BCUT2D eigenvalue weighted by Gasteiger charge is -2.10. The number of benzene rings is 3. The number of hydrogen-bond donors (Lipinski definition) is 1. The minimum atomic E-state index is 0.564. The van der Waals surface area contributed by atoms with Crippen LogP contribution >= 0.6 is 34.8 Å². The molecule has 0 fully saturated rings. The average Bonchev–Trinajstić information content (AvgIpc) is 3.00. The van der Waals surface area contributed by atoms with E-state index in [1.54, 1.807) is 6.07 Å². The van der Waals surface area contributed by atoms with E-state index >= 15 is 0 Å². The maximum Gasteiger partial charge on any atom is 0.0594 e. The van der Waals surface area contributed by atoms with Crippen LogP contribution in [0, 0.1) is 6.92 Å². The molecule has 1 N–H and O–H groups in total. The van der Waals surface area contributed by atoms with Gasteiger partial charge in [-0.3, -0.25) is 0 Å². The van der Waals surface area contributed by atoms with Crippen molar-refractivity contribution in [1.29, 1.82) is 0 Å². The summed E-state index contributed by atoms with van der Waals surface area (Å²) in [5.74, 6) is 0. The molecule has 0 aliphatic heterocycles. The molecule has 4 aromatic rings. The van der Waals surface area contributed by atoms with Crippen LogP contribution in [0.2, 0.25) is 15.1 Å². The smallest absolute Gasteiger partial charge is 0.0594 e. The van der Waals surface area contributed by atoms with Crippen molar-refractivity contribution < 1.29 is 0 Å². The van der Waals surface area contributed by atoms with Crippen molar-refractivity contribution >= 4 is 51.9 Å². The van der Waals surface area contributed by atoms with Crippen LogP contribution in [0.25, 0.3) is 10.9 Å². The number of halogens is 3. The normalized spacial score (nSPS) is 11.5. The Morgan fingerprint density at radius 2 is 1.67 bits per heavy atom. The topological polar surface area (TPSA) is 29.3 Å². The predicted octanol–water partition coefficient (Wildman–Crippen LogP) is 7.08. The van der Waals surface area contributed by atoms with Gasteiger partial charge in [-0.2, -0.15) is 5.10 Å². The summed E-state index contributed by atoms with van der Waals surface area (Å²) in [5, 5.41) is 7.62. The van der Waals surface area contributed by atoms with Crippen LogP contribution in [0.1, 0.15) is 22.4 Å². The summed E-state index contributed by atoms with van der Waals surface area (Å²) in [5.41, 5.74) is 8.44. The maximum absolute atomic E-state index is 6.42. The van der Waals surface area contributed by atoms with Crippen LogP contribution in [-0.2, 0) is 13.1 Å². The molecule has 0 unspecified atom stereocenters. The highest BCUT2D eigenvalue weighted by molar-refractivity contribution is 6.35. The lowest BCUT2D eigenvalue weighted by Crippen LogP contribution is -2.06. The van der Waals surface area contributed by atoms with E-state index in [-0.39, 0.29) is 0 Å².